The summed E-state index contributed by atoms with van der Waals surface area (Å²) in [5, 5.41) is 10.3. The number of fused-ring (bicyclic) bond motifs is 7. The molecule has 5 heterocycles. The Labute approximate surface area is 248 Å². The Hall–Kier alpha value is -4.44. The zero-order chi connectivity index (χ0) is 28.5. The lowest BCUT2D eigenvalue weighted by molar-refractivity contribution is -0.117. The number of aromatic nitrogens is 4. The van der Waals surface area contributed by atoms with Gasteiger partial charge in [0, 0.05) is 42.8 Å². The maximum Gasteiger partial charge on any atom is 0.299 e. The van der Waals surface area contributed by atoms with E-state index in [0.29, 0.717) is 46.8 Å². The molecule has 42 heavy (non-hydrogen) atoms. The molecule has 214 valence electrons. The number of carbonyl (C=O) groups is 1. The molecule has 10 nitrogen and oxygen atoms in total. The standard InChI is InChI=1S/C31H31ClN8O2/c32-24-18-34-30-36-22-4-1-3-19(15-22)6-7-21-17-23(35-28(24)39-30)8-9-25(21)37-27(41)16-20-10-13-40(14-11-20)31-38-26-5-2-12-33-29(26)42-31/h1-5,8-9,12,17-20H,6-7,10-11,13-16H2,(H,37,41)(H2,34,35,36,39). The second kappa shape index (κ2) is 11.4. The quantitative estimate of drug-likeness (QED) is 0.248. The van der Waals surface area contributed by atoms with Crippen molar-refractivity contribution in [3.63, 3.8) is 0 Å². The van der Waals surface area contributed by atoms with Gasteiger partial charge in [0.1, 0.15) is 10.5 Å². The summed E-state index contributed by atoms with van der Waals surface area (Å²) in [6, 6.07) is 10.3. The topological polar surface area (TPSA) is 121 Å². The van der Waals surface area contributed by atoms with Crippen LogP contribution in [0.1, 0.15) is 37.7 Å². The molecule has 2 aliphatic heterocycles. The summed E-state index contributed by atoms with van der Waals surface area (Å²) in [6.45, 7) is 1.59. The Morgan fingerprint density at radius 3 is 2.90 bits per heavy atom. The zero-order valence-corrected chi connectivity index (χ0v) is 23.8. The third-order valence-electron chi connectivity index (χ3n) is 8.12. The van der Waals surface area contributed by atoms with Crippen molar-refractivity contribution in [1.29, 1.82) is 0 Å². The summed E-state index contributed by atoms with van der Waals surface area (Å²) in [7, 11) is 0. The molecule has 1 aliphatic carbocycles. The number of hydrogen-bond donors (Lipinski definition) is 3. The van der Waals surface area contributed by atoms with E-state index in [-0.39, 0.29) is 5.91 Å². The summed E-state index contributed by atoms with van der Waals surface area (Å²) >= 11 is 6.41. The van der Waals surface area contributed by atoms with E-state index in [0.717, 1.165) is 73.3 Å². The number of pyridine rings is 1. The highest BCUT2D eigenvalue weighted by Crippen LogP contribution is 2.32. The summed E-state index contributed by atoms with van der Waals surface area (Å²) in [6.07, 6.45) is 14.6. The van der Waals surface area contributed by atoms with Crippen molar-refractivity contribution in [2.24, 2.45) is 11.8 Å². The van der Waals surface area contributed by atoms with Gasteiger partial charge in [-0.15, -0.1) is 0 Å². The minimum absolute atomic E-state index is 0.0369. The molecule has 0 radical (unpaired) electrons. The summed E-state index contributed by atoms with van der Waals surface area (Å²) in [5.41, 5.74) is 5.16. The third-order valence-corrected chi connectivity index (χ3v) is 8.40. The number of amides is 1. The highest BCUT2D eigenvalue weighted by atomic mass is 35.5. The Kier molecular flexibility index (Phi) is 7.21. The van der Waals surface area contributed by atoms with Gasteiger partial charge in [0.2, 0.25) is 17.6 Å². The molecule has 0 spiro atoms. The molecule has 1 saturated heterocycles. The molecule has 1 aromatic carbocycles. The van der Waals surface area contributed by atoms with E-state index in [1.165, 1.54) is 0 Å². The van der Waals surface area contributed by atoms with Gasteiger partial charge in [0.25, 0.3) is 6.01 Å². The molecule has 3 N–H and O–H groups in total. The Bertz CT molecular complexity index is 1660. The highest BCUT2D eigenvalue weighted by molar-refractivity contribution is 6.32. The van der Waals surface area contributed by atoms with Gasteiger partial charge in [-0.05, 0) is 85.9 Å². The van der Waals surface area contributed by atoms with Gasteiger partial charge in [-0.2, -0.15) is 9.97 Å². The molecule has 3 aromatic heterocycles. The number of oxazole rings is 1. The summed E-state index contributed by atoms with van der Waals surface area (Å²) in [5.74, 6) is 1.73. The van der Waals surface area contributed by atoms with Crippen molar-refractivity contribution in [3.05, 3.63) is 77.2 Å². The lowest BCUT2D eigenvalue weighted by Crippen LogP contribution is -2.35. The number of piperidine rings is 1. The van der Waals surface area contributed by atoms with Crippen molar-refractivity contribution >= 4 is 57.9 Å². The smallest absolute Gasteiger partial charge is 0.299 e. The average Bonchev–Trinajstić information content (AvgIpc) is 3.44. The normalized spacial score (nSPS) is 18.6. The molecule has 7 rings (SSSR count). The molecule has 6 bridgehead atoms. The fraction of sp³-hybridized carbons (Fsp3) is 0.323. The molecule has 4 aromatic rings. The fourth-order valence-electron chi connectivity index (χ4n) is 5.86. The van der Waals surface area contributed by atoms with Crippen molar-refractivity contribution in [2.75, 3.05) is 33.9 Å². The summed E-state index contributed by atoms with van der Waals surface area (Å²) in [4.78, 5) is 33.1. The van der Waals surface area contributed by atoms with Gasteiger partial charge < -0.3 is 25.3 Å². The maximum atomic E-state index is 13.2. The fourth-order valence-corrected chi connectivity index (χ4v) is 6.00. The van der Waals surface area contributed by atoms with Crippen LogP contribution in [-0.4, -0.2) is 38.9 Å². The zero-order valence-electron chi connectivity index (χ0n) is 23.0. The number of rotatable bonds is 4. The molecule has 11 heteroatoms. The number of benzene rings is 1. The van der Waals surface area contributed by atoms with Gasteiger partial charge >= 0.3 is 0 Å². The van der Waals surface area contributed by atoms with Crippen LogP contribution >= 0.6 is 11.6 Å². The van der Waals surface area contributed by atoms with Crippen LogP contribution in [0.5, 0.6) is 0 Å². The molecule has 0 saturated carbocycles. The second-order valence-electron chi connectivity index (χ2n) is 11.1. The van der Waals surface area contributed by atoms with Gasteiger partial charge in [0.15, 0.2) is 5.82 Å². The molecule has 1 atom stereocenters. The van der Waals surface area contributed by atoms with Crippen LogP contribution in [0.25, 0.3) is 11.2 Å². The molecule has 1 unspecified atom stereocenters. The number of nitrogens with zero attached hydrogens (tertiary/aromatic N) is 5. The molecule has 1 amide bonds. The summed E-state index contributed by atoms with van der Waals surface area (Å²) < 4.78 is 5.84. The highest BCUT2D eigenvalue weighted by Gasteiger charge is 2.25. The number of allylic oxidation sites excluding steroid dienone is 4. The number of hydrogen-bond acceptors (Lipinski definition) is 9. The first kappa shape index (κ1) is 26.5. The van der Waals surface area contributed by atoms with E-state index < -0.39 is 0 Å². The van der Waals surface area contributed by atoms with Crippen LogP contribution in [0.2, 0.25) is 5.02 Å². The largest absolute Gasteiger partial charge is 0.404 e. The van der Waals surface area contributed by atoms with Crippen molar-refractivity contribution in [2.45, 2.75) is 38.5 Å². The molecule has 3 aliphatic rings. The van der Waals surface area contributed by atoms with Gasteiger partial charge in [-0.3, -0.25) is 4.79 Å². The Morgan fingerprint density at radius 2 is 2.02 bits per heavy atom. The van der Waals surface area contributed by atoms with Crippen LogP contribution in [0, 0.1) is 11.8 Å². The monoisotopic (exact) mass is 582 g/mol. The third kappa shape index (κ3) is 5.80. The first-order chi connectivity index (χ1) is 20.6. The van der Waals surface area contributed by atoms with Crippen LogP contribution in [0.4, 0.5) is 29.2 Å². The second-order valence-corrected chi connectivity index (χ2v) is 11.5. The van der Waals surface area contributed by atoms with Gasteiger partial charge in [-0.1, -0.05) is 23.8 Å². The van der Waals surface area contributed by atoms with Crippen molar-refractivity contribution < 1.29 is 9.21 Å². The first-order valence-corrected chi connectivity index (χ1v) is 14.8. The minimum atomic E-state index is 0.0369. The minimum Gasteiger partial charge on any atom is -0.404 e. The van der Waals surface area contributed by atoms with Crippen molar-refractivity contribution in [3.8, 4) is 0 Å². The number of aryl methyl sites for hydroxylation is 1. The number of nitrogens with one attached hydrogen (secondary N) is 3. The van der Waals surface area contributed by atoms with E-state index in [4.69, 9.17) is 16.0 Å². The first-order valence-electron chi connectivity index (χ1n) is 14.4. The average molecular weight is 583 g/mol. The van der Waals surface area contributed by atoms with Crippen molar-refractivity contribution in [1.82, 2.24) is 19.9 Å². The van der Waals surface area contributed by atoms with Crippen LogP contribution in [0.15, 0.2) is 71.1 Å². The Balaban J connectivity index is 1.03. The van der Waals surface area contributed by atoms with Gasteiger partial charge in [0.05, 0.1) is 6.20 Å². The van der Waals surface area contributed by atoms with E-state index in [1.54, 1.807) is 12.4 Å². The van der Waals surface area contributed by atoms with E-state index in [2.05, 4.69) is 65.1 Å². The number of anilines is 5. The van der Waals surface area contributed by atoms with Crippen LogP contribution < -0.4 is 20.9 Å². The SMILES string of the molecule is O=C(CC1CCN(c2nc3cccnc3o2)CC1)Nc1ccc2cc1CCC1C=CC=C(C1)Nc1ncc(Cl)c(n1)N2. The van der Waals surface area contributed by atoms with Gasteiger partial charge in [-0.25, -0.2) is 9.97 Å². The predicted molar refractivity (Wildman–Crippen MR) is 164 cm³/mol. The van der Waals surface area contributed by atoms with Crippen LogP contribution in [-0.2, 0) is 11.2 Å². The lowest BCUT2D eigenvalue weighted by atomic mass is 9.91. The maximum absolute atomic E-state index is 13.2. The van der Waals surface area contributed by atoms with E-state index in [1.807, 2.05) is 24.3 Å². The molecule has 1 fully saturated rings. The number of carbonyl (C=O) groups excluding carboxylic acids is 1. The Morgan fingerprint density at radius 1 is 1.12 bits per heavy atom. The van der Waals surface area contributed by atoms with E-state index >= 15 is 0 Å². The van der Waals surface area contributed by atoms with E-state index in [9.17, 15) is 4.79 Å². The lowest BCUT2D eigenvalue weighted by Gasteiger charge is -2.30. The molecular weight excluding hydrogens is 552 g/mol. The molecular formula is C31H31ClN8O2. The predicted octanol–water partition coefficient (Wildman–Crippen LogP) is 6.47. The van der Waals surface area contributed by atoms with Crippen LogP contribution in [0.3, 0.4) is 0 Å². The number of halogens is 1.